The van der Waals surface area contributed by atoms with E-state index in [1.54, 1.807) is 34.7 Å². The second-order valence-electron chi connectivity index (χ2n) is 9.56. The summed E-state index contributed by atoms with van der Waals surface area (Å²) in [6, 6.07) is 14.6. The number of hydrogen-bond donors (Lipinski definition) is 1. The quantitative estimate of drug-likeness (QED) is 0.163. The van der Waals surface area contributed by atoms with Gasteiger partial charge in [0, 0.05) is 36.7 Å². The number of unbranched alkanes of at least 4 members (excludes halogenated alkanes) is 1. The van der Waals surface area contributed by atoms with Crippen LogP contribution in [-0.2, 0) is 29.6 Å². The van der Waals surface area contributed by atoms with E-state index in [4.69, 9.17) is 4.84 Å². The van der Waals surface area contributed by atoms with Crippen molar-refractivity contribution in [3.8, 4) is 0 Å². The number of nitrogens with one attached hydrogen (secondary N) is 1. The van der Waals surface area contributed by atoms with Crippen LogP contribution in [-0.4, -0.2) is 27.4 Å². The Morgan fingerprint density at radius 1 is 1.11 bits per heavy atom. The van der Waals surface area contributed by atoms with Crippen molar-refractivity contribution in [3.63, 3.8) is 0 Å². The van der Waals surface area contributed by atoms with E-state index in [-0.39, 0.29) is 23.1 Å². The number of hydroxylamine groups is 1. The topological polar surface area (TPSA) is 82.3 Å². The summed E-state index contributed by atoms with van der Waals surface area (Å²) < 4.78 is 3.01. The number of thioether (sulfide) groups is 1. The summed E-state index contributed by atoms with van der Waals surface area (Å²) in [4.78, 5) is 45.4. The van der Waals surface area contributed by atoms with E-state index >= 15 is 0 Å². The molecule has 196 valence electrons. The Labute approximate surface area is 224 Å². The SMILES string of the molecule is CC(=O)NOCCCCSc1c(Cc2cccc3ccccc23)sc2c1c(=O)n(C)c(=O)n2CC(C)C. The molecule has 1 amide bonds. The number of thiophene rings is 1. The fraction of sp³-hybridized carbons (Fsp3) is 0.393. The van der Waals surface area contributed by atoms with Crippen LogP contribution in [0.1, 0.15) is 44.1 Å². The number of carbonyl (C=O) groups excluding carboxylic acids is 1. The molecular formula is C28H33N3O4S2. The minimum Gasteiger partial charge on any atom is -0.284 e. The minimum atomic E-state index is -0.268. The Kier molecular flexibility index (Phi) is 8.89. The first-order valence-corrected chi connectivity index (χ1v) is 14.3. The molecule has 2 aromatic heterocycles. The van der Waals surface area contributed by atoms with E-state index in [0.717, 1.165) is 33.2 Å². The zero-order chi connectivity index (χ0) is 26.5. The molecule has 2 heterocycles. The molecule has 2 aromatic carbocycles. The maximum atomic E-state index is 13.4. The van der Waals surface area contributed by atoms with Crippen molar-refractivity contribution in [1.82, 2.24) is 14.6 Å². The van der Waals surface area contributed by atoms with Crippen molar-refractivity contribution >= 4 is 50.0 Å². The molecule has 7 nitrogen and oxygen atoms in total. The highest BCUT2D eigenvalue weighted by Crippen LogP contribution is 2.39. The number of hydrogen-bond acceptors (Lipinski definition) is 6. The number of carbonyl (C=O) groups is 1. The Balaban J connectivity index is 1.73. The zero-order valence-electron chi connectivity index (χ0n) is 21.7. The second-order valence-corrected chi connectivity index (χ2v) is 11.8. The molecular weight excluding hydrogens is 506 g/mol. The molecule has 0 atom stereocenters. The van der Waals surface area contributed by atoms with E-state index in [9.17, 15) is 14.4 Å². The molecule has 0 bridgehead atoms. The Bertz CT molecular complexity index is 1530. The van der Waals surface area contributed by atoms with Crippen LogP contribution in [0.25, 0.3) is 21.0 Å². The maximum absolute atomic E-state index is 13.4. The van der Waals surface area contributed by atoms with E-state index in [1.165, 1.54) is 27.8 Å². The predicted molar refractivity (Wildman–Crippen MR) is 153 cm³/mol. The Morgan fingerprint density at radius 3 is 2.62 bits per heavy atom. The summed E-state index contributed by atoms with van der Waals surface area (Å²) in [5.74, 6) is 0.840. The minimum absolute atomic E-state index is 0.222. The lowest BCUT2D eigenvalue weighted by Gasteiger charge is -2.12. The van der Waals surface area contributed by atoms with Crippen molar-refractivity contribution in [2.24, 2.45) is 13.0 Å². The highest BCUT2D eigenvalue weighted by Gasteiger charge is 2.22. The number of aromatic nitrogens is 2. The lowest BCUT2D eigenvalue weighted by atomic mass is 10.0. The Morgan fingerprint density at radius 2 is 1.86 bits per heavy atom. The second kappa shape index (κ2) is 12.1. The van der Waals surface area contributed by atoms with Gasteiger partial charge in [-0.05, 0) is 40.8 Å². The Hall–Kier alpha value is -2.88. The van der Waals surface area contributed by atoms with Gasteiger partial charge < -0.3 is 0 Å². The zero-order valence-corrected chi connectivity index (χ0v) is 23.3. The number of rotatable bonds is 11. The van der Waals surface area contributed by atoms with Gasteiger partial charge in [0.2, 0.25) is 5.91 Å². The third kappa shape index (κ3) is 6.17. The van der Waals surface area contributed by atoms with Crippen LogP contribution in [0.5, 0.6) is 0 Å². The van der Waals surface area contributed by atoms with Crippen LogP contribution < -0.4 is 16.7 Å². The first-order valence-electron chi connectivity index (χ1n) is 12.5. The molecule has 0 spiro atoms. The fourth-order valence-electron chi connectivity index (χ4n) is 4.37. The summed E-state index contributed by atoms with van der Waals surface area (Å²) in [5, 5.41) is 3.02. The molecule has 4 rings (SSSR count). The normalized spacial score (nSPS) is 11.6. The predicted octanol–water partition coefficient (Wildman–Crippen LogP) is 5.10. The number of nitrogens with zero attached hydrogens (tertiary/aromatic N) is 2. The third-order valence-electron chi connectivity index (χ3n) is 6.08. The standard InChI is InChI=1S/C28H33N3O4S2/c1-18(2)17-31-27-24(26(33)30(4)28(31)34)25(36-15-8-7-14-35-29-19(3)32)23(37-27)16-21-12-9-11-20-10-5-6-13-22(20)21/h5-6,9-13,18H,7-8,14-17H2,1-4H3,(H,29,32). The van der Waals surface area contributed by atoms with Crippen molar-refractivity contribution < 1.29 is 9.63 Å². The lowest BCUT2D eigenvalue weighted by Crippen LogP contribution is -2.38. The largest absolute Gasteiger partial charge is 0.331 e. The van der Waals surface area contributed by atoms with E-state index in [2.05, 4.69) is 49.7 Å². The number of amides is 1. The summed E-state index contributed by atoms with van der Waals surface area (Å²) >= 11 is 3.23. The van der Waals surface area contributed by atoms with E-state index < -0.39 is 0 Å². The van der Waals surface area contributed by atoms with Crippen molar-refractivity contribution in [1.29, 1.82) is 0 Å². The van der Waals surface area contributed by atoms with Gasteiger partial charge in [-0.25, -0.2) is 10.3 Å². The van der Waals surface area contributed by atoms with Crippen LogP contribution in [0.15, 0.2) is 56.9 Å². The molecule has 37 heavy (non-hydrogen) atoms. The van der Waals surface area contributed by atoms with Crippen molar-refractivity contribution in [2.75, 3.05) is 12.4 Å². The summed E-state index contributed by atoms with van der Waals surface area (Å²) in [6.07, 6.45) is 2.33. The molecule has 0 saturated heterocycles. The first kappa shape index (κ1) is 27.2. The van der Waals surface area contributed by atoms with Gasteiger partial charge in [-0.15, -0.1) is 23.1 Å². The van der Waals surface area contributed by atoms with Gasteiger partial charge in [0.05, 0.1) is 12.0 Å². The van der Waals surface area contributed by atoms with Gasteiger partial charge in [0.1, 0.15) is 4.83 Å². The molecule has 4 aromatic rings. The van der Waals surface area contributed by atoms with Crippen LogP contribution in [0.2, 0.25) is 0 Å². The van der Waals surface area contributed by atoms with Gasteiger partial charge in [-0.2, -0.15) is 0 Å². The summed E-state index contributed by atoms with van der Waals surface area (Å²) in [6.45, 7) is 6.55. The number of fused-ring (bicyclic) bond motifs is 2. The van der Waals surface area contributed by atoms with E-state index in [0.29, 0.717) is 25.0 Å². The molecule has 0 aliphatic carbocycles. The van der Waals surface area contributed by atoms with Gasteiger partial charge in [0.15, 0.2) is 0 Å². The summed E-state index contributed by atoms with van der Waals surface area (Å²) in [7, 11) is 1.57. The van der Waals surface area contributed by atoms with Crippen LogP contribution in [0.3, 0.4) is 0 Å². The molecule has 0 radical (unpaired) electrons. The van der Waals surface area contributed by atoms with E-state index in [1.807, 2.05) is 12.1 Å². The van der Waals surface area contributed by atoms with Crippen LogP contribution in [0, 0.1) is 5.92 Å². The molecule has 0 saturated carbocycles. The molecule has 1 N–H and O–H groups in total. The smallest absolute Gasteiger partial charge is 0.284 e. The molecule has 9 heteroatoms. The highest BCUT2D eigenvalue weighted by atomic mass is 32.2. The third-order valence-corrected chi connectivity index (χ3v) is 8.65. The average molecular weight is 540 g/mol. The lowest BCUT2D eigenvalue weighted by molar-refractivity contribution is -0.131. The average Bonchev–Trinajstić information content (AvgIpc) is 3.22. The van der Waals surface area contributed by atoms with Gasteiger partial charge in [-0.3, -0.25) is 23.6 Å². The summed E-state index contributed by atoms with van der Waals surface area (Å²) in [5.41, 5.74) is 3.04. The highest BCUT2D eigenvalue weighted by molar-refractivity contribution is 7.99. The number of benzene rings is 2. The fourth-order valence-corrected chi connectivity index (χ4v) is 7.06. The monoisotopic (exact) mass is 539 g/mol. The van der Waals surface area contributed by atoms with Crippen molar-refractivity contribution in [3.05, 3.63) is 73.7 Å². The van der Waals surface area contributed by atoms with Crippen molar-refractivity contribution in [2.45, 2.75) is 51.5 Å². The molecule has 0 unspecified atom stereocenters. The van der Waals surface area contributed by atoms with Crippen LogP contribution in [0.4, 0.5) is 0 Å². The van der Waals surface area contributed by atoms with Gasteiger partial charge in [0.25, 0.3) is 5.56 Å². The maximum Gasteiger partial charge on any atom is 0.331 e. The van der Waals surface area contributed by atoms with Gasteiger partial charge >= 0.3 is 5.69 Å². The molecule has 0 aliphatic rings. The van der Waals surface area contributed by atoms with Gasteiger partial charge in [-0.1, -0.05) is 56.3 Å². The first-order chi connectivity index (χ1) is 17.8. The molecule has 0 fully saturated rings. The van der Waals surface area contributed by atoms with Crippen LogP contribution >= 0.6 is 23.1 Å². The molecule has 0 aliphatic heterocycles.